The van der Waals surface area contributed by atoms with Crippen LogP contribution in [0.2, 0.25) is 0 Å². The van der Waals surface area contributed by atoms with E-state index in [-0.39, 0.29) is 12.1 Å². The Bertz CT molecular complexity index is 946. The summed E-state index contributed by atoms with van der Waals surface area (Å²) >= 11 is 1.38. The quantitative estimate of drug-likeness (QED) is 0.693. The molecule has 1 atom stereocenters. The van der Waals surface area contributed by atoms with Crippen LogP contribution in [0.25, 0.3) is 0 Å². The Morgan fingerprint density at radius 3 is 2.76 bits per heavy atom. The maximum Gasteiger partial charge on any atom is 0.323 e. The Kier molecular flexibility index (Phi) is 6.02. The third kappa shape index (κ3) is 4.90. The minimum absolute atomic E-state index is 0.115. The number of aromatic nitrogens is 2. The molecule has 1 unspecified atom stereocenters. The SMILES string of the molecule is COc1ccc(Cc2nnc(NC(=O)N3CCOC(c4ccccc4)C3)s2)cc1. The van der Waals surface area contributed by atoms with E-state index in [9.17, 15) is 4.79 Å². The molecule has 2 heterocycles. The van der Waals surface area contributed by atoms with Crippen molar-refractivity contribution in [2.24, 2.45) is 0 Å². The molecular formula is C21H22N4O3S. The summed E-state index contributed by atoms with van der Waals surface area (Å²) < 4.78 is 11.0. The number of hydrogen-bond donors (Lipinski definition) is 1. The van der Waals surface area contributed by atoms with Gasteiger partial charge in [0, 0.05) is 13.0 Å². The average molecular weight is 410 g/mol. The number of methoxy groups -OCH3 is 1. The van der Waals surface area contributed by atoms with Gasteiger partial charge < -0.3 is 14.4 Å². The van der Waals surface area contributed by atoms with Gasteiger partial charge >= 0.3 is 6.03 Å². The van der Waals surface area contributed by atoms with Gasteiger partial charge in [-0.1, -0.05) is 53.8 Å². The highest BCUT2D eigenvalue weighted by Gasteiger charge is 2.26. The van der Waals surface area contributed by atoms with E-state index in [1.54, 1.807) is 12.0 Å². The van der Waals surface area contributed by atoms with Crippen LogP contribution in [0.3, 0.4) is 0 Å². The van der Waals surface area contributed by atoms with Crippen molar-refractivity contribution in [3.05, 3.63) is 70.7 Å². The lowest BCUT2D eigenvalue weighted by Crippen LogP contribution is -2.44. The number of rotatable bonds is 5. The molecule has 29 heavy (non-hydrogen) atoms. The van der Waals surface area contributed by atoms with Crippen LogP contribution in [0, 0.1) is 0 Å². The van der Waals surface area contributed by atoms with Gasteiger partial charge in [0.1, 0.15) is 16.9 Å². The second-order valence-electron chi connectivity index (χ2n) is 6.67. The summed E-state index contributed by atoms with van der Waals surface area (Å²) in [5.74, 6) is 0.818. The molecule has 1 aliphatic heterocycles. The summed E-state index contributed by atoms with van der Waals surface area (Å²) in [7, 11) is 1.64. The summed E-state index contributed by atoms with van der Waals surface area (Å²) in [6.07, 6.45) is 0.543. The molecule has 3 aromatic rings. The van der Waals surface area contributed by atoms with Crippen molar-refractivity contribution in [1.29, 1.82) is 0 Å². The summed E-state index contributed by atoms with van der Waals surface area (Å²) in [5.41, 5.74) is 2.18. The molecule has 4 rings (SSSR count). The highest BCUT2D eigenvalue weighted by atomic mass is 32.1. The van der Waals surface area contributed by atoms with Crippen molar-refractivity contribution in [1.82, 2.24) is 15.1 Å². The molecular weight excluding hydrogens is 388 g/mol. The fourth-order valence-corrected chi connectivity index (χ4v) is 3.93. The van der Waals surface area contributed by atoms with Crippen molar-refractivity contribution in [2.45, 2.75) is 12.5 Å². The second kappa shape index (κ2) is 9.02. The van der Waals surface area contributed by atoms with E-state index < -0.39 is 0 Å². The van der Waals surface area contributed by atoms with Crippen molar-refractivity contribution in [2.75, 3.05) is 32.1 Å². The number of carbonyl (C=O) groups excluding carboxylic acids is 1. The van der Waals surface area contributed by atoms with Gasteiger partial charge in [-0.3, -0.25) is 5.32 Å². The second-order valence-corrected chi connectivity index (χ2v) is 7.73. The molecule has 1 saturated heterocycles. The first-order chi connectivity index (χ1) is 14.2. The van der Waals surface area contributed by atoms with E-state index in [2.05, 4.69) is 15.5 Å². The van der Waals surface area contributed by atoms with Crippen LogP contribution in [-0.4, -0.2) is 47.9 Å². The first-order valence-corrected chi connectivity index (χ1v) is 10.2. The van der Waals surface area contributed by atoms with E-state index in [4.69, 9.17) is 9.47 Å². The summed E-state index contributed by atoms with van der Waals surface area (Å²) in [4.78, 5) is 14.4. The number of nitrogens with one attached hydrogen (secondary N) is 1. The molecule has 2 amide bonds. The lowest BCUT2D eigenvalue weighted by molar-refractivity contribution is -0.0135. The maximum absolute atomic E-state index is 12.7. The van der Waals surface area contributed by atoms with Crippen LogP contribution in [0.4, 0.5) is 9.93 Å². The van der Waals surface area contributed by atoms with Crippen LogP contribution < -0.4 is 10.1 Å². The van der Waals surface area contributed by atoms with Gasteiger partial charge in [-0.25, -0.2) is 4.79 Å². The van der Waals surface area contributed by atoms with Gasteiger partial charge in [0.15, 0.2) is 0 Å². The van der Waals surface area contributed by atoms with Gasteiger partial charge in [0.05, 0.1) is 20.3 Å². The zero-order chi connectivity index (χ0) is 20.1. The fraction of sp³-hybridized carbons (Fsp3) is 0.286. The third-order valence-corrected chi connectivity index (χ3v) is 5.56. The van der Waals surface area contributed by atoms with Gasteiger partial charge in [-0.05, 0) is 23.3 Å². The maximum atomic E-state index is 12.7. The number of carbonyl (C=O) groups is 1. The van der Waals surface area contributed by atoms with Crippen LogP contribution in [0.15, 0.2) is 54.6 Å². The van der Waals surface area contributed by atoms with Crippen molar-refractivity contribution in [3.8, 4) is 5.75 Å². The average Bonchev–Trinajstić information content (AvgIpc) is 3.21. The van der Waals surface area contributed by atoms with Crippen LogP contribution in [0.5, 0.6) is 5.75 Å². The Morgan fingerprint density at radius 1 is 1.21 bits per heavy atom. The molecule has 1 aliphatic rings. The lowest BCUT2D eigenvalue weighted by atomic mass is 10.1. The molecule has 1 fully saturated rings. The fourth-order valence-electron chi connectivity index (χ4n) is 3.17. The van der Waals surface area contributed by atoms with Gasteiger partial charge in [0.2, 0.25) is 5.13 Å². The minimum atomic E-state index is -0.179. The van der Waals surface area contributed by atoms with Crippen LogP contribution in [0.1, 0.15) is 22.2 Å². The molecule has 0 spiro atoms. The van der Waals surface area contributed by atoms with Crippen molar-refractivity contribution in [3.63, 3.8) is 0 Å². The van der Waals surface area contributed by atoms with E-state index in [1.165, 1.54) is 11.3 Å². The van der Waals surface area contributed by atoms with Gasteiger partial charge in [-0.2, -0.15) is 0 Å². The van der Waals surface area contributed by atoms with E-state index in [1.807, 2.05) is 54.6 Å². The number of hydrogen-bond acceptors (Lipinski definition) is 6. The van der Waals surface area contributed by atoms with Crippen molar-refractivity contribution >= 4 is 22.5 Å². The van der Waals surface area contributed by atoms with Gasteiger partial charge in [-0.15, -0.1) is 10.2 Å². The summed E-state index contributed by atoms with van der Waals surface area (Å²) in [6, 6.07) is 17.6. The summed E-state index contributed by atoms with van der Waals surface area (Å²) in [5, 5.41) is 12.5. The largest absolute Gasteiger partial charge is 0.497 e. The van der Waals surface area contributed by atoms with Gasteiger partial charge in [0.25, 0.3) is 0 Å². The van der Waals surface area contributed by atoms with Crippen molar-refractivity contribution < 1.29 is 14.3 Å². The smallest absolute Gasteiger partial charge is 0.323 e. The number of nitrogens with zero attached hydrogens (tertiary/aromatic N) is 3. The van der Waals surface area contributed by atoms with E-state index in [0.29, 0.717) is 31.2 Å². The Balaban J connectivity index is 1.34. The Labute approximate surface area is 173 Å². The zero-order valence-corrected chi connectivity index (χ0v) is 16.9. The molecule has 0 bridgehead atoms. The first-order valence-electron chi connectivity index (χ1n) is 9.39. The summed E-state index contributed by atoms with van der Waals surface area (Å²) in [6.45, 7) is 1.56. The number of benzene rings is 2. The molecule has 1 aromatic heterocycles. The Hall–Kier alpha value is -2.97. The Morgan fingerprint density at radius 2 is 2.00 bits per heavy atom. The normalized spacial score (nSPS) is 16.4. The first kappa shape index (κ1) is 19.4. The predicted molar refractivity (Wildman–Crippen MR) is 111 cm³/mol. The molecule has 7 nitrogen and oxygen atoms in total. The minimum Gasteiger partial charge on any atom is -0.497 e. The van der Waals surface area contributed by atoms with Crippen LogP contribution in [-0.2, 0) is 11.2 Å². The van der Waals surface area contributed by atoms with E-state index >= 15 is 0 Å². The lowest BCUT2D eigenvalue weighted by Gasteiger charge is -2.32. The topological polar surface area (TPSA) is 76.6 Å². The highest BCUT2D eigenvalue weighted by molar-refractivity contribution is 7.15. The third-order valence-electron chi connectivity index (χ3n) is 4.72. The van der Waals surface area contributed by atoms with E-state index in [0.717, 1.165) is 21.9 Å². The molecule has 0 radical (unpaired) electrons. The standard InChI is InChI=1S/C21H22N4O3S/c1-27-17-9-7-15(8-10-17)13-19-23-24-20(29-19)22-21(26)25-11-12-28-18(14-25)16-5-3-2-4-6-16/h2-10,18H,11-14H2,1H3,(H,22,24,26). The molecule has 150 valence electrons. The monoisotopic (exact) mass is 410 g/mol. The number of amides is 2. The predicted octanol–water partition coefficient (Wildman–Crippen LogP) is 3.74. The molecule has 2 aromatic carbocycles. The van der Waals surface area contributed by atoms with Crippen LogP contribution >= 0.6 is 11.3 Å². The molecule has 0 aliphatic carbocycles. The number of ether oxygens (including phenoxy) is 2. The molecule has 8 heteroatoms. The molecule has 0 saturated carbocycles. The highest BCUT2D eigenvalue weighted by Crippen LogP contribution is 2.24. The molecule has 1 N–H and O–H groups in total. The number of urea groups is 1. The number of morpholine rings is 1. The number of anilines is 1. The zero-order valence-electron chi connectivity index (χ0n) is 16.1.